The van der Waals surface area contributed by atoms with Crippen molar-refractivity contribution >= 4 is 15.9 Å². The van der Waals surface area contributed by atoms with E-state index < -0.39 is 0 Å². The fourth-order valence-electron chi connectivity index (χ4n) is 2.05. The molecule has 2 heterocycles. The molecule has 0 spiro atoms. The summed E-state index contributed by atoms with van der Waals surface area (Å²) in [5, 5.41) is 0. The molecular weight excluding hydrogens is 282 g/mol. The molecule has 0 fully saturated rings. The molecule has 17 heavy (non-hydrogen) atoms. The molecular formula is C13H12BrNO2. The Hall–Kier alpha value is -1.10. The molecule has 1 aromatic heterocycles. The summed E-state index contributed by atoms with van der Waals surface area (Å²) in [6.07, 6.45) is 0. The van der Waals surface area contributed by atoms with Gasteiger partial charge in [-0.2, -0.15) is 0 Å². The fourth-order valence-corrected chi connectivity index (χ4v) is 2.36. The summed E-state index contributed by atoms with van der Waals surface area (Å²) in [5.74, 6) is 0.760. The summed E-state index contributed by atoms with van der Waals surface area (Å²) in [6, 6.07) is 9.73. The molecule has 1 aromatic carbocycles. The number of hydrogen-bond donors (Lipinski definition) is 1. The zero-order valence-corrected chi connectivity index (χ0v) is 10.7. The second-order valence-corrected chi connectivity index (χ2v) is 4.92. The molecule has 0 bridgehead atoms. The Balaban J connectivity index is 1.94. The molecule has 1 unspecified atom stereocenters. The molecule has 3 nitrogen and oxygen atoms in total. The molecule has 1 atom stereocenters. The Labute approximate surface area is 108 Å². The fraction of sp³-hybridized carbons (Fsp3) is 0.231. The third kappa shape index (κ3) is 2.04. The molecule has 1 aliphatic heterocycles. The van der Waals surface area contributed by atoms with Gasteiger partial charge in [0.2, 0.25) is 0 Å². The van der Waals surface area contributed by atoms with Crippen LogP contribution in [0.25, 0.3) is 0 Å². The first-order valence-corrected chi connectivity index (χ1v) is 6.23. The van der Waals surface area contributed by atoms with Gasteiger partial charge in [0.15, 0.2) is 4.67 Å². The standard InChI is InChI=1S/C13H12BrNO2/c14-12-4-3-11(17-12)13(15)8-1-2-9-6-16-7-10(9)5-8/h1-5,13H,6-7,15H2. The summed E-state index contributed by atoms with van der Waals surface area (Å²) < 4.78 is 11.6. The number of nitrogens with two attached hydrogens (primary N) is 1. The van der Waals surface area contributed by atoms with E-state index in [1.54, 1.807) is 0 Å². The van der Waals surface area contributed by atoms with Crippen LogP contribution < -0.4 is 5.73 Å². The summed E-state index contributed by atoms with van der Waals surface area (Å²) in [5.41, 5.74) is 9.70. The molecule has 0 radical (unpaired) electrons. The van der Waals surface area contributed by atoms with Gasteiger partial charge >= 0.3 is 0 Å². The van der Waals surface area contributed by atoms with E-state index in [0.717, 1.165) is 11.3 Å². The molecule has 2 aromatic rings. The first-order chi connectivity index (χ1) is 8.24. The Morgan fingerprint density at radius 2 is 1.94 bits per heavy atom. The lowest BCUT2D eigenvalue weighted by molar-refractivity contribution is 0.134. The van der Waals surface area contributed by atoms with E-state index in [0.29, 0.717) is 17.9 Å². The predicted octanol–water partition coefficient (Wildman–Crippen LogP) is 3.12. The number of halogens is 1. The van der Waals surface area contributed by atoms with Crippen LogP contribution in [0.5, 0.6) is 0 Å². The van der Waals surface area contributed by atoms with Crippen LogP contribution in [0, 0.1) is 0 Å². The highest BCUT2D eigenvalue weighted by Crippen LogP contribution is 2.28. The van der Waals surface area contributed by atoms with Gasteiger partial charge in [-0.05, 0) is 44.8 Å². The van der Waals surface area contributed by atoms with E-state index >= 15 is 0 Å². The van der Waals surface area contributed by atoms with Gasteiger partial charge in [-0.25, -0.2) is 0 Å². The highest BCUT2D eigenvalue weighted by atomic mass is 79.9. The van der Waals surface area contributed by atoms with Crippen molar-refractivity contribution in [1.29, 1.82) is 0 Å². The molecule has 2 N–H and O–H groups in total. The summed E-state index contributed by atoms with van der Waals surface area (Å²) in [7, 11) is 0. The summed E-state index contributed by atoms with van der Waals surface area (Å²) >= 11 is 3.28. The summed E-state index contributed by atoms with van der Waals surface area (Å²) in [6.45, 7) is 1.38. The highest BCUT2D eigenvalue weighted by molar-refractivity contribution is 9.10. The minimum absolute atomic E-state index is 0.229. The lowest BCUT2D eigenvalue weighted by Gasteiger charge is -2.10. The Kier molecular flexibility index (Phi) is 2.78. The van der Waals surface area contributed by atoms with Crippen LogP contribution in [0.3, 0.4) is 0 Å². The van der Waals surface area contributed by atoms with Gasteiger partial charge < -0.3 is 14.9 Å². The van der Waals surface area contributed by atoms with Crippen molar-refractivity contribution in [1.82, 2.24) is 0 Å². The number of benzene rings is 1. The van der Waals surface area contributed by atoms with Crippen LogP contribution in [0.4, 0.5) is 0 Å². The monoisotopic (exact) mass is 293 g/mol. The maximum Gasteiger partial charge on any atom is 0.169 e. The lowest BCUT2D eigenvalue weighted by atomic mass is 10.0. The van der Waals surface area contributed by atoms with Crippen molar-refractivity contribution in [2.24, 2.45) is 5.73 Å². The Bertz CT molecular complexity index is 550. The molecule has 0 aliphatic carbocycles. The molecule has 1 aliphatic rings. The Morgan fingerprint density at radius 1 is 1.12 bits per heavy atom. The minimum Gasteiger partial charge on any atom is -0.452 e. The molecule has 4 heteroatoms. The number of ether oxygens (including phenoxy) is 1. The molecule has 0 saturated carbocycles. The quantitative estimate of drug-likeness (QED) is 0.925. The van der Waals surface area contributed by atoms with Crippen molar-refractivity contribution in [2.75, 3.05) is 0 Å². The van der Waals surface area contributed by atoms with Gasteiger partial charge in [0.25, 0.3) is 0 Å². The smallest absolute Gasteiger partial charge is 0.169 e. The second kappa shape index (κ2) is 4.29. The van der Waals surface area contributed by atoms with Gasteiger partial charge in [-0.15, -0.1) is 0 Å². The van der Waals surface area contributed by atoms with Gasteiger partial charge in [-0.3, -0.25) is 0 Å². The molecule has 0 saturated heterocycles. The van der Waals surface area contributed by atoms with E-state index in [4.69, 9.17) is 14.9 Å². The van der Waals surface area contributed by atoms with Crippen molar-refractivity contribution < 1.29 is 9.15 Å². The lowest BCUT2D eigenvalue weighted by Crippen LogP contribution is -2.11. The van der Waals surface area contributed by atoms with E-state index in [2.05, 4.69) is 28.1 Å². The highest BCUT2D eigenvalue weighted by Gasteiger charge is 2.17. The van der Waals surface area contributed by atoms with E-state index in [9.17, 15) is 0 Å². The average molecular weight is 294 g/mol. The van der Waals surface area contributed by atoms with Crippen LogP contribution in [-0.4, -0.2) is 0 Å². The van der Waals surface area contributed by atoms with Crippen molar-refractivity contribution in [3.63, 3.8) is 0 Å². The van der Waals surface area contributed by atoms with Crippen LogP contribution in [0.15, 0.2) is 39.4 Å². The van der Waals surface area contributed by atoms with E-state index in [-0.39, 0.29) is 6.04 Å². The second-order valence-electron chi connectivity index (χ2n) is 4.14. The van der Waals surface area contributed by atoms with E-state index in [1.807, 2.05) is 18.2 Å². The van der Waals surface area contributed by atoms with Crippen molar-refractivity contribution in [2.45, 2.75) is 19.3 Å². The van der Waals surface area contributed by atoms with Gasteiger partial charge in [0.05, 0.1) is 19.3 Å². The van der Waals surface area contributed by atoms with Gasteiger partial charge in [-0.1, -0.05) is 18.2 Å². The minimum atomic E-state index is -0.229. The maximum atomic E-state index is 6.17. The van der Waals surface area contributed by atoms with Crippen LogP contribution in [-0.2, 0) is 18.0 Å². The Morgan fingerprint density at radius 3 is 2.71 bits per heavy atom. The third-order valence-corrected chi connectivity index (χ3v) is 3.43. The first kappa shape index (κ1) is 11.0. The van der Waals surface area contributed by atoms with Crippen molar-refractivity contribution in [3.05, 3.63) is 57.5 Å². The number of fused-ring (bicyclic) bond motifs is 1. The topological polar surface area (TPSA) is 48.4 Å². The number of furan rings is 1. The average Bonchev–Trinajstić information content (AvgIpc) is 2.95. The SMILES string of the molecule is NC(c1ccc2c(c1)COC2)c1ccc(Br)o1. The third-order valence-electron chi connectivity index (χ3n) is 3.01. The largest absolute Gasteiger partial charge is 0.452 e. The van der Waals surface area contributed by atoms with Crippen LogP contribution in [0.1, 0.15) is 28.5 Å². The zero-order chi connectivity index (χ0) is 11.8. The normalized spacial score (nSPS) is 15.9. The number of rotatable bonds is 2. The first-order valence-electron chi connectivity index (χ1n) is 5.44. The maximum absolute atomic E-state index is 6.17. The zero-order valence-electron chi connectivity index (χ0n) is 9.15. The number of hydrogen-bond acceptors (Lipinski definition) is 3. The van der Waals surface area contributed by atoms with E-state index in [1.165, 1.54) is 11.1 Å². The predicted molar refractivity (Wildman–Crippen MR) is 67.4 cm³/mol. The van der Waals surface area contributed by atoms with Crippen LogP contribution >= 0.6 is 15.9 Å². The molecule has 3 rings (SSSR count). The van der Waals surface area contributed by atoms with Crippen LogP contribution in [0.2, 0.25) is 0 Å². The molecule has 0 amide bonds. The summed E-state index contributed by atoms with van der Waals surface area (Å²) in [4.78, 5) is 0. The van der Waals surface area contributed by atoms with Gasteiger partial charge in [0.1, 0.15) is 5.76 Å². The molecule has 88 valence electrons. The van der Waals surface area contributed by atoms with Gasteiger partial charge in [0, 0.05) is 0 Å². The van der Waals surface area contributed by atoms with Crippen molar-refractivity contribution in [3.8, 4) is 0 Å².